The van der Waals surface area contributed by atoms with Gasteiger partial charge in [-0.05, 0) is 37.1 Å². The first-order valence-electron chi connectivity index (χ1n) is 9.63. The van der Waals surface area contributed by atoms with E-state index in [1.807, 2.05) is 24.3 Å². The van der Waals surface area contributed by atoms with Gasteiger partial charge in [0.15, 0.2) is 0 Å². The molecule has 1 atom stereocenters. The van der Waals surface area contributed by atoms with Crippen molar-refractivity contribution in [3.05, 3.63) is 54.1 Å². The van der Waals surface area contributed by atoms with E-state index in [9.17, 15) is 4.79 Å². The van der Waals surface area contributed by atoms with Gasteiger partial charge in [-0.3, -0.25) is 4.79 Å². The topological polar surface area (TPSA) is 96.9 Å². The van der Waals surface area contributed by atoms with Crippen molar-refractivity contribution in [3.8, 4) is 5.75 Å². The Morgan fingerprint density at radius 2 is 2.00 bits per heavy atom. The molecule has 2 aromatic heterocycles. The molecule has 1 saturated heterocycles. The highest BCUT2D eigenvalue weighted by molar-refractivity contribution is 5.92. The van der Waals surface area contributed by atoms with Gasteiger partial charge >= 0.3 is 0 Å². The SMILES string of the molecule is COc1ccc2nnc(C(=O)N3CCCC(c4nc5ccccc5[nH]4)C3)nc2c1. The van der Waals surface area contributed by atoms with Crippen LogP contribution in [0.2, 0.25) is 0 Å². The average Bonchev–Trinajstić information content (AvgIpc) is 3.22. The van der Waals surface area contributed by atoms with E-state index in [4.69, 9.17) is 9.72 Å². The summed E-state index contributed by atoms with van der Waals surface area (Å²) in [6.45, 7) is 1.26. The molecule has 3 heterocycles. The molecule has 1 aliphatic rings. The van der Waals surface area contributed by atoms with E-state index in [1.165, 1.54) is 0 Å². The molecular weight excluding hydrogens is 368 g/mol. The second-order valence-electron chi connectivity index (χ2n) is 7.22. The predicted octanol–water partition coefficient (Wildman–Crippen LogP) is 2.93. The summed E-state index contributed by atoms with van der Waals surface area (Å²) < 4.78 is 5.23. The number of hydrogen-bond donors (Lipinski definition) is 1. The first kappa shape index (κ1) is 17.5. The Morgan fingerprint density at radius 3 is 2.86 bits per heavy atom. The van der Waals surface area contributed by atoms with E-state index in [-0.39, 0.29) is 17.6 Å². The fraction of sp³-hybridized carbons (Fsp3) is 0.286. The Balaban J connectivity index is 1.39. The number of nitrogens with one attached hydrogen (secondary N) is 1. The van der Waals surface area contributed by atoms with Crippen LogP contribution in [0.1, 0.15) is 35.2 Å². The molecule has 1 amide bonds. The Bertz CT molecular complexity index is 1170. The summed E-state index contributed by atoms with van der Waals surface area (Å²) in [4.78, 5) is 27.4. The van der Waals surface area contributed by atoms with Crippen LogP contribution in [0.25, 0.3) is 22.1 Å². The number of methoxy groups -OCH3 is 1. The van der Waals surface area contributed by atoms with Crippen LogP contribution in [-0.4, -0.2) is 56.2 Å². The van der Waals surface area contributed by atoms with Crippen molar-refractivity contribution >= 4 is 28.0 Å². The summed E-state index contributed by atoms with van der Waals surface area (Å²) in [5.74, 6) is 1.65. The fourth-order valence-corrected chi connectivity index (χ4v) is 3.82. The minimum Gasteiger partial charge on any atom is -0.497 e. The van der Waals surface area contributed by atoms with E-state index in [1.54, 1.807) is 30.2 Å². The summed E-state index contributed by atoms with van der Waals surface area (Å²) in [5.41, 5.74) is 3.18. The van der Waals surface area contributed by atoms with Gasteiger partial charge in [0.1, 0.15) is 17.1 Å². The molecular formula is C21H20N6O2. The summed E-state index contributed by atoms with van der Waals surface area (Å²) >= 11 is 0. The number of ether oxygens (including phenoxy) is 1. The molecule has 0 bridgehead atoms. The van der Waals surface area contributed by atoms with E-state index in [0.717, 1.165) is 29.7 Å². The Hall–Kier alpha value is -3.55. The van der Waals surface area contributed by atoms with Crippen LogP contribution in [0.5, 0.6) is 5.75 Å². The standard InChI is InChI=1S/C21H20N6O2/c1-29-14-8-9-17-18(11-14)24-20(26-25-17)21(28)27-10-4-5-13(12-27)19-22-15-6-2-3-7-16(15)23-19/h2-3,6-9,11,13H,4-5,10,12H2,1H3,(H,22,23). The van der Waals surface area contributed by atoms with Gasteiger partial charge in [-0.1, -0.05) is 12.1 Å². The summed E-state index contributed by atoms with van der Waals surface area (Å²) in [6.07, 6.45) is 1.89. The first-order valence-corrected chi connectivity index (χ1v) is 9.63. The number of amides is 1. The highest BCUT2D eigenvalue weighted by atomic mass is 16.5. The maximum atomic E-state index is 13.0. The maximum absolute atomic E-state index is 13.0. The minimum atomic E-state index is -0.206. The number of H-pyrrole nitrogens is 1. The Labute approximate surface area is 166 Å². The fourth-order valence-electron chi connectivity index (χ4n) is 3.82. The molecule has 0 spiro atoms. The van der Waals surface area contributed by atoms with Crippen molar-refractivity contribution in [1.82, 2.24) is 30.0 Å². The molecule has 5 rings (SSSR count). The van der Waals surface area contributed by atoms with E-state index < -0.39 is 0 Å². The molecule has 2 aromatic carbocycles. The molecule has 8 heteroatoms. The smallest absolute Gasteiger partial charge is 0.293 e. The van der Waals surface area contributed by atoms with E-state index in [2.05, 4.69) is 20.2 Å². The van der Waals surface area contributed by atoms with Gasteiger partial charge in [0, 0.05) is 25.1 Å². The van der Waals surface area contributed by atoms with Gasteiger partial charge < -0.3 is 14.6 Å². The largest absolute Gasteiger partial charge is 0.497 e. The monoisotopic (exact) mass is 388 g/mol. The van der Waals surface area contributed by atoms with Crippen LogP contribution in [-0.2, 0) is 0 Å². The van der Waals surface area contributed by atoms with Crippen molar-refractivity contribution in [2.24, 2.45) is 0 Å². The van der Waals surface area contributed by atoms with Gasteiger partial charge in [-0.25, -0.2) is 9.97 Å². The van der Waals surface area contributed by atoms with Crippen LogP contribution in [0, 0.1) is 0 Å². The lowest BCUT2D eigenvalue weighted by Crippen LogP contribution is -2.40. The predicted molar refractivity (Wildman–Crippen MR) is 108 cm³/mol. The third-order valence-corrected chi connectivity index (χ3v) is 5.36. The lowest BCUT2D eigenvalue weighted by atomic mass is 9.97. The van der Waals surface area contributed by atoms with E-state index in [0.29, 0.717) is 29.9 Å². The quantitative estimate of drug-likeness (QED) is 0.580. The number of fused-ring (bicyclic) bond motifs is 2. The Kier molecular flexibility index (Phi) is 4.31. The lowest BCUT2D eigenvalue weighted by Gasteiger charge is -2.31. The number of nitrogens with zero attached hydrogens (tertiary/aromatic N) is 5. The zero-order chi connectivity index (χ0) is 19.8. The number of rotatable bonds is 3. The van der Waals surface area contributed by atoms with Crippen LogP contribution in [0.3, 0.4) is 0 Å². The minimum absolute atomic E-state index is 0.107. The molecule has 0 saturated carbocycles. The zero-order valence-corrected chi connectivity index (χ0v) is 16.0. The third-order valence-electron chi connectivity index (χ3n) is 5.36. The highest BCUT2D eigenvalue weighted by Gasteiger charge is 2.29. The van der Waals surface area contributed by atoms with Crippen molar-refractivity contribution < 1.29 is 9.53 Å². The number of aromatic nitrogens is 5. The molecule has 1 aliphatic heterocycles. The number of piperidine rings is 1. The van der Waals surface area contributed by atoms with Crippen LogP contribution < -0.4 is 4.74 Å². The molecule has 1 fully saturated rings. The molecule has 1 N–H and O–H groups in total. The second kappa shape index (κ2) is 7.12. The molecule has 1 unspecified atom stereocenters. The third kappa shape index (κ3) is 3.26. The molecule has 8 nitrogen and oxygen atoms in total. The van der Waals surface area contributed by atoms with Gasteiger partial charge in [-0.2, -0.15) is 0 Å². The molecule has 146 valence electrons. The lowest BCUT2D eigenvalue weighted by molar-refractivity contribution is 0.0691. The number of benzene rings is 2. The van der Waals surface area contributed by atoms with Crippen LogP contribution in [0.15, 0.2) is 42.5 Å². The molecule has 29 heavy (non-hydrogen) atoms. The van der Waals surface area contributed by atoms with Crippen molar-refractivity contribution in [1.29, 1.82) is 0 Å². The van der Waals surface area contributed by atoms with Gasteiger partial charge in [0.2, 0.25) is 5.82 Å². The van der Waals surface area contributed by atoms with Crippen molar-refractivity contribution in [2.45, 2.75) is 18.8 Å². The molecule has 0 aliphatic carbocycles. The number of likely N-dealkylation sites (tertiary alicyclic amines) is 1. The molecule has 0 radical (unpaired) electrons. The zero-order valence-electron chi connectivity index (χ0n) is 16.0. The number of para-hydroxylation sites is 2. The number of aromatic amines is 1. The summed E-state index contributed by atoms with van der Waals surface area (Å²) in [7, 11) is 1.59. The summed E-state index contributed by atoms with van der Waals surface area (Å²) in [5, 5.41) is 8.20. The van der Waals surface area contributed by atoms with Crippen molar-refractivity contribution in [3.63, 3.8) is 0 Å². The number of hydrogen-bond acceptors (Lipinski definition) is 6. The van der Waals surface area contributed by atoms with Gasteiger partial charge in [-0.15, -0.1) is 10.2 Å². The number of imidazole rings is 1. The summed E-state index contributed by atoms with van der Waals surface area (Å²) in [6, 6.07) is 13.3. The van der Waals surface area contributed by atoms with E-state index >= 15 is 0 Å². The van der Waals surface area contributed by atoms with Crippen LogP contribution in [0.4, 0.5) is 0 Å². The maximum Gasteiger partial charge on any atom is 0.293 e. The highest BCUT2D eigenvalue weighted by Crippen LogP contribution is 2.27. The Morgan fingerprint density at radius 1 is 1.10 bits per heavy atom. The van der Waals surface area contributed by atoms with Crippen LogP contribution >= 0.6 is 0 Å². The second-order valence-corrected chi connectivity index (χ2v) is 7.22. The normalized spacial score (nSPS) is 17.0. The number of carbonyl (C=O) groups is 1. The molecule has 4 aromatic rings. The first-order chi connectivity index (χ1) is 14.2. The average molecular weight is 388 g/mol. The van der Waals surface area contributed by atoms with Gasteiger partial charge in [0.25, 0.3) is 5.91 Å². The van der Waals surface area contributed by atoms with Crippen molar-refractivity contribution in [2.75, 3.05) is 20.2 Å². The number of carbonyl (C=O) groups excluding carboxylic acids is 1. The van der Waals surface area contributed by atoms with Gasteiger partial charge in [0.05, 0.1) is 23.7 Å².